The van der Waals surface area contributed by atoms with Crippen molar-refractivity contribution in [1.82, 2.24) is 19.7 Å². The molecular weight excluding hydrogens is 543 g/mol. The molecule has 2 aliphatic rings. The Kier molecular flexibility index (Phi) is 6.97. The van der Waals surface area contributed by atoms with Gasteiger partial charge in [0.1, 0.15) is 41.4 Å². The molecule has 0 N–H and O–H groups in total. The van der Waals surface area contributed by atoms with Crippen LogP contribution in [0.25, 0.3) is 28.1 Å². The number of halogens is 1. The van der Waals surface area contributed by atoms with Crippen molar-refractivity contribution in [2.24, 2.45) is 0 Å². The molecule has 11 heteroatoms. The summed E-state index contributed by atoms with van der Waals surface area (Å²) in [7, 11) is 4.69. The van der Waals surface area contributed by atoms with E-state index in [1.165, 1.54) is 13.3 Å². The van der Waals surface area contributed by atoms with E-state index in [0.717, 1.165) is 17.7 Å². The Morgan fingerprint density at radius 3 is 2.45 bits per heavy atom. The molecule has 4 aromatic rings. The third kappa shape index (κ3) is 4.40. The molecule has 0 spiro atoms. The fourth-order valence-electron chi connectivity index (χ4n) is 5.69. The third-order valence-corrected chi connectivity index (χ3v) is 7.95. The van der Waals surface area contributed by atoms with Crippen molar-refractivity contribution in [1.29, 1.82) is 0 Å². The molecule has 4 heterocycles. The number of hydrogen-bond acceptors (Lipinski definition) is 8. The van der Waals surface area contributed by atoms with Gasteiger partial charge in [-0.15, -0.1) is 0 Å². The molecule has 1 amide bonds. The number of pyridine rings is 1. The minimum Gasteiger partial charge on any atom is -0.497 e. The molecule has 218 valence electrons. The quantitative estimate of drug-likeness (QED) is 0.226. The zero-order valence-electron chi connectivity index (χ0n) is 24.0. The van der Waals surface area contributed by atoms with Crippen LogP contribution in [0, 0.1) is 5.95 Å². The molecule has 0 bridgehead atoms. The molecule has 42 heavy (non-hydrogen) atoms. The number of carbonyl (C=O) groups is 1. The first kappa shape index (κ1) is 27.5. The Labute approximate surface area is 242 Å². The summed E-state index contributed by atoms with van der Waals surface area (Å²) in [5.74, 6) is 1.53. The van der Waals surface area contributed by atoms with Crippen LogP contribution in [-0.4, -0.2) is 66.1 Å². The number of morpholine rings is 1. The summed E-state index contributed by atoms with van der Waals surface area (Å²) < 4.78 is 46.1. The minimum atomic E-state index is -0.691. The lowest BCUT2D eigenvalue weighted by molar-refractivity contribution is -0.147. The van der Waals surface area contributed by atoms with Crippen molar-refractivity contribution in [3.8, 4) is 51.1 Å². The number of ether oxygens (including phenoxy) is 5. The fourth-order valence-corrected chi connectivity index (χ4v) is 5.69. The predicted molar refractivity (Wildman–Crippen MR) is 152 cm³/mol. The average Bonchev–Trinajstić information content (AvgIpc) is 3.39. The van der Waals surface area contributed by atoms with E-state index in [2.05, 4.69) is 4.98 Å². The molecule has 1 fully saturated rings. The van der Waals surface area contributed by atoms with Gasteiger partial charge in [-0.05, 0) is 32.0 Å². The number of methoxy groups -OCH3 is 3. The summed E-state index contributed by atoms with van der Waals surface area (Å²) in [6.07, 6.45) is 1.70. The van der Waals surface area contributed by atoms with E-state index >= 15 is 0 Å². The zero-order valence-corrected chi connectivity index (χ0v) is 24.0. The number of amides is 1. The highest BCUT2D eigenvalue weighted by atomic mass is 19.1. The van der Waals surface area contributed by atoms with Crippen LogP contribution in [0.3, 0.4) is 0 Å². The summed E-state index contributed by atoms with van der Waals surface area (Å²) in [5, 5.41) is 5.10. The van der Waals surface area contributed by atoms with Crippen LogP contribution < -0.4 is 18.9 Å². The second-order valence-corrected chi connectivity index (χ2v) is 10.6. The van der Waals surface area contributed by atoms with Crippen LogP contribution in [0.15, 0.2) is 48.7 Å². The lowest BCUT2D eigenvalue weighted by Gasteiger charge is -2.45. The number of benzene rings is 2. The maximum atomic E-state index is 14.9. The first-order chi connectivity index (χ1) is 20.3. The van der Waals surface area contributed by atoms with Gasteiger partial charge in [0.2, 0.25) is 12.4 Å². The van der Waals surface area contributed by atoms with E-state index in [4.69, 9.17) is 28.8 Å². The molecule has 0 radical (unpaired) electrons. The molecule has 2 aromatic carbocycles. The first-order valence-corrected chi connectivity index (χ1v) is 13.5. The second kappa shape index (κ2) is 10.6. The first-order valence-electron chi connectivity index (χ1n) is 13.5. The van der Waals surface area contributed by atoms with Gasteiger partial charge >= 0.3 is 0 Å². The zero-order chi connectivity index (χ0) is 29.6. The molecule has 1 unspecified atom stereocenters. The van der Waals surface area contributed by atoms with E-state index in [0.29, 0.717) is 58.7 Å². The smallest absolute Gasteiger partial charge is 0.220 e. The number of aromatic nitrogens is 3. The second-order valence-electron chi connectivity index (χ2n) is 10.6. The van der Waals surface area contributed by atoms with Gasteiger partial charge in [0, 0.05) is 59.3 Å². The Hall–Kier alpha value is -4.64. The molecule has 1 atom stereocenters. The largest absolute Gasteiger partial charge is 0.497 e. The topological polar surface area (TPSA) is 97.2 Å². The van der Waals surface area contributed by atoms with E-state index in [1.54, 1.807) is 48.1 Å². The van der Waals surface area contributed by atoms with Gasteiger partial charge in [0.05, 0.1) is 44.9 Å². The Bertz CT molecular complexity index is 1650. The lowest BCUT2D eigenvalue weighted by atomic mass is 9.88. The number of hydrogen-bond donors (Lipinski definition) is 0. The van der Waals surface area contributed by atoms with Crippen molar-refractivity contribution >= 4 is 6.41 Å². The highest BCUT2D eigenvalue weighted by Crippen LogP contribution is 2.49. The van der Waals surface area contributed by atoms with Crippen molar-refractivity contribution in [2.45, 2.75) is 32.1 Å². The van der Waals surface area contributed by atoms with Gasteiger partial charge in [0.15, 0.2) is 0 Å². The van der Waals surface area contributed by atoms with Crippen LogP contribution >= 0.6 is 0 Å². The van der Waals surface area contributed by atoms with E-state index in [9.17, 15) is 9.18 Å². The van der Waals surface area contributed by atoms with Gasteiger partial charge in [0.25, 0.3) is 0 Å². The van der Waals surface area contributed by atoms with Crippen LogP contribution in [0.2, 0.25) is 0 Å². The summed E-state index contributed by atoms with van der Waals surface area (Å²) in [6.45, 7) is 4.94. The third-order valence-electron chi connectivity index (χ3n) is 7.95. The van der Waals surface area contributed by atoms with Crippen molar-refractivity contribution in [3.63, 3.8) is 0 Å². The molecule has 2 aromatic heterocycles. The van der Waals surface area contributed by atoms with Crippen molar-refractivity contribution < 1.29 is 32.9 Å². The number of carbonyl (C=O) groups excluding carboxylic acids is 1. The van der Waals surface area contributed by atoms with E-state index in [-0.39, 0.29) is 12.2 Å². The molecular formula is C31H31FN4O6. The van der Waals surface area contributed by atoms with E-state index < -0.39 is 17.6 Å². The molecule has 0 saturated carbocycles. The average molecular weight is 575 g/mol. The van der Waals surface area contributed by atoms with Gasteiger partial charge in [-0.3, -0.25) is 4.79 Å². The predicted octanol–water partition coefficient (Wildman–Crippen LogP) is 4.97. The Morgan fingerprint density at radius 2 is 1.79 bits per heavy atom. The van der Waals surface area contributed by atoms with Crippen molar-refractivity contribution in [2.75, 3.05) is 34.5 Å². The molecule has 2 aliphatic heterocycles. The molecule has 10 nitrogen and oxygen atoms in total. The Morgan fingerprint density at radius 1 is 1.02 bits per heavy atom. The maximum Gasteiger partial charge on any atom is 0.220 e. The summed E-state index contributed by atoms with van der Waals surface area (Å²) in [4.78, 5) is 17.5. The summed E-state index contributed by atoms with van der Waals surface area (Å²) in [6, 6.07) is 12.4. The summed E-state index contributed by atoms with van der Waals surface area (Å²) in [5.41, 5.74) is 3.62. The minimum absolute atomic E-state index is 0.194. The summed E-state index contributed by atoms with van der Waals surface area (Å²) >= 11 is 0. The highest BCUT2D eigenvalue weighted by Gasteiger charge is 2.44. The lowest BCUT2D eigenvalue weighted by Crippen LogP contribution is -2.54. The fraction of sp³-hybridized carbons (Fsp3) is 0.323. The number of fused-ring (bicyclic) bond motifs is 3. The van der Waals surface area contributed by atoms with Crippen molar-refractivity contribution in [3.05, 3.63) is 65.9 Å². The van der Waals surface area contributed by atoms with E-state index in [1.807, 2.05) is 32.0 Å². The van der Waals surface area contributed by atoms with Crippen LogP contribution in [0.4, 0.5) is 4.39 Å². The monoisotopic (exact) mass is 574 g/mol. The van der Waals surface area contributed by atoms with Crippen LogP contribution in [0.1, 0.15) is 31.2 Å². The molecule has 1 saturated heterocycles. The van der Waals surface area contributed by atoms with Crippen LogP contribution in [-0.2, 0) is 16.1 Å². The SMILES string of the molecule is COc1cc(OC)cc(-n2nc(C3OCCN(C=O)C3(C)C)c3c2-c2cc(-c4cccnc4F)c(OC)cc2OC3)c1. The number of rotatable bonds is 7. The Balaban J connectivity index is 1.64. The van der Waals surface area contributed by atoms with Gasteiger partial charge in [-0.1, -0.05) is 0 Å². The van der Waals surface area contributed by atoms with Gasteiger partial charge in [-0.25, -0.2) is 9.67 Å². The normalized spacial score (nSPS) is 17.1. The van der Waals surface area contributed by atoms with Gasteiger partial charge in [-0.2, -0.15) is 9.49 Å². The van der Waals surface area contributed by atoms with Gasteiger partial charge < -0.3 is 28.6 Å². The molecule has 6 rings (SSSR count). The van der Waals surface area contributed by atoms with Crippen LogP contribution in [0.5, 0.6) is 23.0 Å². The standard InChI is InChI=1S/C31H31FN4O6/c1-31(2)29(41-10-9-35(31)17-37)27-24-16-42-26-15-25(40-5)22(21-7-6-8-33-30(21)32)14-23(26)28(24)36(34-27)18-11-19(38-3)13-20(12-18)39-4/h6-8,11-15,17,29H,9-10,16H2,1-5H3. The maximum absolute atomic E-state index is 14.9. The highest BCUT2D eigenvalue weighted by molar-refractivity contribution is 5.84. The molecule has 0 aliphatic carbocycles. The number of nitrogens with zero attached hydrogens (tertiary/aromatic N) is 4.